The van der Waals surface area contributed by atoms with Gasteiger partial charge in [-0.05, 0) is 31.2 Å². The van der Waals surface area contributed by atoms with Crippen molar-refractivity contribution in [2.75, 3.05) is 6.54 Å². The third-order valence-electron chi connectivity index (χ3n) is 3.11. The molecular formula is C12H22N4. The van der Waals surface area contributed by atoms with Crippen molar-refractivity contribution < 1.29 is 0 Å². The van der Waals surface area contributed by atoms with Gasteiger partial charge in [-0.15, -0.1) is 5.10 Å². The summed E-state index contributed by atoms with van der Waals surface area (Å²) in [7, 11) is 0. The molecule has 1 aliphatic rings. The highest BCUT2D eigenvalue weighted by Crippen LogP contribution is 2.27. The first-order valence-electron chi connectivity index (χ1n) is 6.34. The lowest BCUT2D eigenvalue weighted by atomic mass is 9.85. The number of nitrogens with one attached hydrogen (secondary N) is 1. The van der Waals surface area contributed by atoms with Gasteiger partial charge in [0, 0.05) is 19.3 Å². The van der Waals surface area contributed by atoms with Crippen LogP contribution in [-0.2, 0) is 13.1 Å². The monoisotopic (exact) mass is 222 g/mol. The molecule has 0 amide bonds. The van der Waals surface area contributed by atoms with Gasteiger partial charge in [-0.25, -0.2) is 0 Å². The van der Waals surface area contributed by atoms with E-state index in [1.54, 1.807) is 0 Å². The van der Waals surface area contributed by atoms with Crippen LogP contribution in [0.25, 0.3) is 0 Å². The van der Waals surface area contributed by atoms with Gasteiger partial charge in [0.2, 0.25) is 0 Å². The van der Waals surface area contributed by atoms with E-state index in [0.717, 1.165) is 31.2 Å². The van der Waals surface area contributed by atoms with Gasteiger partial charge in [-0.3, -0.25) is 4.68 Å². The van der Waals surface area contributed by atoms with Crippen LogP contribution in [0.2, 0.25) is 0 Å². The van der Waals surface area contributed by atoms with Crippen molar-refractivity contribution in [3.05, 3.63) is 11.9 Å². The van der Waals surface area contributed by atoms with E-state index in [-0.39, 0.29) is 0 Å². The first-order chi connectivity index (χ1) is 7.74. The van der Waals surface area contributed by atoms with Crippen LogP contribution in [-0.4, -0.2) is 21.5 Å². The molecule has 1 saturated carbocycles. The van der Waals surface area contributed by atoms with Gasteiger partial charge in [0.15, 0.2) is 0 Å². The van der Waals surface area contributed by atoms with E-state index in [2.05, 4.69) is 35.7 Å². The average molecular weight is 222 g/mol. The third-order valence-corrected chi connectivity index (χ3v) is 3.11. The molecule has 0 atom stereocenters. The van der Waals surface area contributed by atoms with Gasteiger partial charge in [0.1, 0.15) is 0 Å². The molecule has 0 spiro atoms. The molecule has 16 heavy (non-hydrogen) atoms. The van der Waals surface area contributed by atoms with Gasteiger partial charge in [0.25, 0.3) is 0 Å². The Morgan fingerprint density at radius 3 is 2.94 bits per heavy atom. The quantitative estimate of drug-likeness (QED) is 0.798. The summed E-state index contributed by atoms with van der Waals surface area (Å²) in [4.78, 5) is 0. The standard InChI is InChI=1S/C12H22N4/c1-10(2)6-13-7-12-9-16(15-14-12)8-11-4-3-5-11/h9-11,13H,3-8H2,1-2H3. The second kappa shape index (κ2) is 5.43. The topological polar surface area (TPSA) is 42.7 Å². The number of hydrogen-bond acceptors (Lipinski definition) is 3. The van der Waals surface area contributed by atoms with E-state index in [0.29, 0.717) is 5.92 Å². The molecule has 1 aromatic rings. The molecule has 0 unspecified atom stereocenters. The van der Waals surface area contributed by atoms with E-state index in [4.69, 9.17) is 0 Å². The Balaban J connectivity index is 1.73. The van der Waals surface area contributed by atoms with Crippen LogP contribution in [0.1, 0.15) is 38.8 Å². The summed E-state index contributed by atoms with van der Waals surface area (Å²) in [5, 5.41) is 11.7. The van der Waals surface area contributed by atoms with E-state index in [9.17, 15) is 0 Å². The molecule has 1 heterocycles. The molecule has 1 N–H and O–H groups in total. The van der Waals surface area contributed by atoms with Gasteiger partial charge in [-0.2, -0.15) is 0 Å². The molecule has 1 aliphatic carbocycles. The summed E-state index contributed by atoms with van der Waals surface area (Å²) in [6.07, 6.45) is 6.19. The number of rotatable bonds is 6. The first-order valence-corrected chi connectivity index (χ1v) is 6.34. The highest BCUT2D eigenvalue weighted by Gasteiger charge is 2.18. The Morgan fingerprint density at radius 2 is 2.31 bits per heavy atom. The van der Waals surface area contributed by atoms with Crippen LogP contribution in [0.3, 0.4) is 0 Å². The fourth-order valence-corrected chi connectivity index (χ4v) is 1.94. The summed E-state index contributed by atoms with van der Waals surface area (Å²) >= 11 is 0. The molecular weight excluding hydrogens is 200 g/mol. The molecule has 0 bridgehead atoms. The van der Waals surface area contributed by atoms with Gasteiger partial charge >= 0.3 is 0 Å². The molecule has 0 aliphatic heterocycles. The second-order valence-electron chi connectivity index (χ2n) is 5.25. The van der Waals surface area contributed by atoms with Crippen LogP contribution < -0.4 is 5.32 Å². The molecule has 0 saturated heterocycles. The second-order valence-corrected chi connectivity index (χ2v) is 5.25. The highest BCUT2D eigenvalue weighted by atomic mass is 15.4. The van der Waals surface area contributed by atoms with E-state index < -0.39 is 0 Å². The summed E-state index contributed by atoms with van der Waals surface area (Å²) in [5.41, 5.74) is 1.06. The van der Waals surface area contributed by atoms with Crippen molar-refractivity contribution in [3.63, 3.8) is 0 Å². The van der Waals surface area contributed by atoms with E-state index in [1.165, 1.54) is 19.3 Å². The largest absolute Gasteiger partial charge is 0.311 e. The molecule has 1 fully saturated rings. The smallest absolute Gasteiger partial charge is 0.0964 e. The summed E-state index contributed by atoms with van der Waals surface area (Å²) in [6.45, 7) is 7.34. The zero-order chi connectivity index (χ0) is 11.4. The van der Waals surface area contributed by atoms with Crippen LogP contribution in [0.4, 0.5) is 0 Å². The van der Waals surface area contributed by atoms with Crippen LogP contribution in [0.15, 0.2) is 6.20 Å². The van der Waals surface area contributed by atoms with E-state index >= 15 is 0 Å². The van der Waals surface area contributed by atoms with Crippen LogP contribution in [0, 0.1) is 11.8 Å². The maximum Gasteiger partial charge on any atom is 0.0964 e. The fraction of sp³-hybridized carbons (Fsp3) is 0.833. The molecule has 0 aromatic carbocycles. The van der Waals surface area contributed by atoms with Crippen molar-refractivity contribution in [1.29, 1.82) is 0 Å². The molecule has 90 valence electrons. The van der Waals surface area contributed by atoms with Gasteiger partial charge in [-0.1, -0.05) is 25.5 Å². The molecule has 1 aromatic heterocycles. The maximum absolute atomic E-state index is 4.17. The predicted molar refractivity (Wildman–Crippen MR) is 63.9 cm³/mol. The average Bonchev–Trinajstić information content (AvgIpc) is 2.59. The van der Waals surface area contributed by atoms with Gasteiger partial charge < -0.3 is 5.32 Å². The van der Waals surface area contributed by atoms with Crippen LogP contribution in [0.5, 0.6) is 0 Å². The van der Waals surface area contributed by atoms with Crippen molar-refractivity contribution in [2.45, 2.75) is 46.2 Å². The molecule has 4 nitrogen and oxygen atoms in total. The lowest BCUT2D eigenvalue weighted by Gasteiger charge is -2.24. The molecule has 0 radical (unpaired) electrons. The van der Waals surface area contributed by atoms with Crippen molar-refractivity contribution in [3.8, 4) is 0 Å². The zero-order valence-electron chi connectivity index (χ0n) is 10.3. The molecule has 4 heteroatoms. The maximum atomic E-state index is 4.17. The summed E-state index contributed by atoms with van der Waals surface area (Å²) < 4.78 is 2.00. The van der Waals surface area contributed by atoms with Crippen molar-refractivity contribution in [2.24, 2.45) is 11.8 Å². The minimum atomic E-state index is 0.685. The Bertz CT molecular complexity index is 315. The Kier molecular flexibility index (Phi) is 3.93. The Hall–Kier alpha value is -0.900. The summed E-state index contributed by atoms with van der Waals surface area (Å²) in [6, 6.07) is 0. The molecule has 2 rings (SSSR count). The predicted octanol–water partition coefficient (Wildman–Crippen LogP) is 1.82. The van der Waals surface area contributed by atoms with Crippen molar-refractivity contribution in [1.82, 2.24) is 20.3 Å². The van der Waals surface area contributed by atoms with E-state index in [1.807, 2.05) is 4.68 Å². The third kappa shape index (κ3) is 3.30. The minimum absolute atomic E-state index is 0.685. The number of nitrogens with zero attached hydrogens (tertiary/aromatic N) is 3. The number of aromatic nitrogens is 3. The minimum Gasteiger partial charge on any atom is -0.311 e. The SMILES string of the molecule is CC(C)CNCc1cn(CC2CCC2)nn1. The highest BCUT2D eigenvalue weighted by molar-refractivity contribution is 4.92. The fourth-order valence-electron chi connectivity index (χ4n) is 1.94. The lowest BCUT2D eigenvalue weighted by Crippen LogP contribution is -2.19. The Labute approximate surface area is 97.4 Å². The Morgan fingerprint density at radius 1 is 1.50 bits per heavy atom. The lowest BCUT2D eigenvalue weighted by molar-refractivity contribution is 0.264. The number of hydrogen-bond donors (Lipinski definition) is 1. The first kappa shape index (κ1) is 11.6. The van der Waals surface area contributed by atoms with Gasteiger partial charge in [0.05, 0.1) is 5.69 Å². The zero-order valence-corrected chi connectivity index (χ0v) is 10.3. The normalized spacial score (nSPS) is 16.7. The van der Waals surface area contributed by atoms with Crippen LogP contribution >= 0.6 is 0 Å². The van der Waals surface area contributed by atoms with Crippen molar-refractivity contribution >= 4 is 0 Å². The summed E-state index contributed by atoms with van der Waals surface area (Å²) in [5.74, 6) is 1.53.